The molecular formula is C25H24N2O4S. The van der Waals surface area contributed by atoms with Crippen LogP contribution in [0, 0.1) is 6.92 Å². The molecule has 0 spiro atoms. The van der Waals surface area contributed by atoms with Crippen LogP contribution in [0.5, 0.6) is 0 Å². The van der Waals surface area contributed by atoms with Crippen LogP contribution in [0.15, 0.2) is 77.7 Å². The summed E-state index contributed by atoms with van der Waals surface area (Å²) in [6.07, 6.45) is -0.808. The van der Waals surface area contributed by atoms with Gasteiger partial charge in [0.25, 0.3) is 10.0 Å². The Kier molecular flexibility index (Phi) is 4.57. The van der Waals surface area contributed by atoms with Crippen molar-refractivity contribution in [3.63, 3.8) is 0 Å². The fourth-order valence-electron chi connectivity index (χ4n) is 4.88. The van der Waals surface area contributed by atoms with Gasteiger partial charge in [0.05, 0.1) is 16.3 Å². The predicted molar refractivity (Wildman–Crippen MR) is 123 cm³/mol. The van der Waals surface area contributed by atoms with Crippen molar-refractivity contribution in [3.8, 4) is 0 Å². The van der Waals surface area contributed by atoms with Crippen molar-refractivity contribution in [2.75, 3.05) is 9.21 Å². The number of ether oxygens (including phenoxy) is 1. The third kappa shape index (κ3) is 2.84. The molecule has 0 saturated heterocycles. The first kappa shape index (κ1) is 20.6. The second-order valence-electron chi connectivity index (χ2n) is 8.44. The van der Waals surface area contributed by atoms with E-state index < -0.39 is 27.8 Å². The van der Waals surface area contributed by atoms with Gasteiger partial charge in [-0.05, 0) is 43.7 Å². The lowest BCUT2D eigenvalue weighted by Gasteiger charge is -2.50. The smallest absolute Gasteiger partial charge is 0.303 e. The SMILES string of the molecule is CC(=O)OC1c2ccccc2CN2c3ccccc3N(S(=O)(=O)c3ccc(C)cc3)C12C. The Balaban J connectivity index is 1.78. The topological polar surface area (TPSA) is 66.9 Å². The molecule has 2 aliphatic rings. The van der Waals surface area contributed by atoms with Crippen LogP contribution in [0.4, 0.5) is 11.4 Å². The van der Waals surface area contributed by atoms with Crippen molar-refractivity contribution < 1.29 is 17.9 Å². The van der Waals surface area contributed by atoms with Gasteiger partial charge in [-0.15, -0.1) is 0 Å². The minimum Gasteiger partial charge on any atom is -0.453 e. The summed E-state index contributed by atoms with van der Waals surface area (Å²) in [6, 6.07) is 22.0. The molecule has 2 unspecified atom stereocenters. The lowest BCUT2D eigenvalue weighted by molar-refractivity contribution is -0.150. The molecule has 2 heterocycles. The summed E-state index contributed by atoms with van der Waals surface area (Å²) in [4.78, 5) is 14.4. The maximum Gasteiger partial charge on any atom is 0.303 e. The molecule has 0 radical (unpaired) electrons. The van der Waals surface area contributed by atoms with Gasteiger partial charge < -0.3 is 9.64 Å². The molecular weight excluding hydrogens is 424 g/mol. The highest BCUT2D eigenvalue weighted by atomic mass is 32.2. The maximum absolute atomic E-state index is 14.1. The number of nitrogens with zero attached hydrogens (tertiary/aromatic N) is 2. The minimum atomic E-state index is -3.97. The van der Waals surface area contributed by atoms with E-state index >= 15 is 0 Å². The van der Waals surface area contributed by atoms with Crippen molar-refractivity contribution in [3.05, 3.63) is 89.5 Å². The van der Waals surface area contributed by atoms with Gasteiger partial charge in [0, 0.05) is 19.0 Å². The number of carbonyl (C=O) groups is 1. The molecule has 6 nitrogen and oxygen atoms in total. The average Bonchev–Trinajstić information content (AvgIpc) is 3.03. The fraction of sp³-hybridized carbons (Fsp3) is 0.240. The van der Waals surface area contributed by atoms with Crippen LogP contribution >= 0.6 is 0 Å². The Labute approximate surface area is 188 Å². The summed E-state index contributed by atoms with van der Waals surface area (Å²) in [6.45, 7) is 5.61. The number of benzene rings is 3. The van der Waals surface area contributed by atoms with Crippen molar-refractivity contribution in [1.29, 1.82) is 0 Å². The average molecular weight is 449 g/mol. The van der Waals surface area contributed by atoms with Gasteiger partial charge in [-0.25, -0.2) is 12.7 Å². The molecule has 0 aromatic heterocycles. The standard InChI is InChI=1S/C25H24N2O4S/c1-17-12-14-20(15-13-17)32(29,30)27-23-11-7-6-10-22(23)26-16-19-8-4-5-9-21(19)24(25(26,27)3)31-18(2)28/h4-15,24H,16H2,1-3H3. The van der Waals surface area contributed by atoms with Crippen LogP contribution < -0.4 is 9.21 Å². The number of fused-ring (bicyclic) bond motifs is 4. The molecule has 0 bridgehead atoms. The number of hydrogen-bond donors (Lipinski definition) is 0. The Morgan fingerprint density at radius 1 is 0.969 bits per heavy atom. The van der Waals surface area contributed by atoms with E-state index in [1.807, 2.05) is 61.2 Å². The molecule has 5 rings (SSSR count). The normalized spacial score (nSPS) is 21.5. The molecule has 0 fully saturated rings. The summed E-state index contributed by atoms with van der Waals surface area (Å²) in [5, 5.41) is 0. The van der Waals surface area contributed by atoms with E-state index in [1.54, 1.807) is 30.3 Å². The molecule has 3 aromatic rings. The molecule has 0 N–H and O–H groups in total. The third-order valence-electron chi connectivity index (χ3n) is 6.35. The van der Waals surface area contributed by atoms with Crippen molar-refractivity contribution in [2.45, 2.75) is 44.0 Å². The summed E-state index contributed by atoms with van der Waals surface area (Å²) in [7, 11) is -3.97. The molecule has 7 heteroatoms. The van der Waals surface area contributed by atoms with Crippen LogP contribution in [0.3, 0.4) is 0 Å². The molecule has 0 aliphatic carbocycles. The highest BCUT2D eigenvalue weighted by molar-refractivity contribution is 7.93. The van der Waals surface area contributed by atoms with E-state index in [1.165, 1.54) is 11.2 Å². The first-order valence-electron chi connectivity index (χ1n) is 10.5. The van der Waals surface area contributed by atoms with E-state index in [0.29, 0.717) is 12.2 Å². The summed E-state index contributed by atoms with van der Waals surface area (Å²) in [5.41, 5.74) is 2.98. The summed E-state index contributed by atoms with van der Waals surface area (Å²) >= 11 is 0. The highest BCUT2D eigenvalue weighted by Crippen LogP contribution is 2.56. The zero-order chi connectivity index (χ0) is 22.7. The molecule has 0 saturated carbocycles. The number of para-hydroxylation sites is 2. The van der Waals surface area contributed by atoms with Crippen molar-refractivity contribution in [2.24, 2.45) is 0 Å². The quantitative estimate of drug-likeness (QED) is 0.550. The number of aryl methyl sites for hydroxylation is 1. The minimum absolute atomic E-state index is 0.196. The largest absolute Gasteiger partial charge is 0.453 e. The van der Waals surface area contributed by atoms with Gasteiger partial charge in [-0.3, -0.25) is 4.79 Å². The number of esters is 1. The van der Waals surface area contributed by atoms with Crippen LogP contribution in [0.2, 0.25) is 0 Å². The Morgan fingerprint density at radius 3 is 2.28 bits per heavy atom. The van der Waals surface area contributed by atoms with E-state index in [0.717, 1.165) is 22.4 Å². The second kappa shape index (κ2) is 7.10. The van der Waals surface area contributed by atoms with Gasteiger partial charge in [0.15, 0.2) is 11.8 Å². The third-order valence-corrected chi connectivity index (χ3v) is 8.27. The van der Waals surface area contributed by atoms with E-state index in [9.17, 15) is 13.2 Å². The molecule has 3 aromatic carbocycles. The first-order valence-corrected chi connectivity index (χ1v) is 11.9. The second-order valence-corrected chi connectivity index (χ2v) is 10.2. The van der Waals surface area contributed by atoms with Crippen LogP contribution in [-0.2, 0) is 26.1 Å². The molecule has 0 amide bonds. The van der Waals surface area contributed by atoms with Gasteiger partial charge >= 0.3 is 5.97 Å². The highest BCUT2D eigenvalue weighted by Gasteiger charge is 2.60. The van der Waals surface area contributed by atoms with E-state index in [2.05, 4.69) is 0 Å². The van der Waals surface area contributed by atoms with Crippen LogP contribution in [0.25, 0.3) is 0 Å². The molecule has 2 aliphatic heterocycles. The number of anilines is 2. The zero-order valence-electron chi connectivity index (χ0n) is 18.1. The van der Waals surface area contributed by atoms with E-state index in [-0.39, 0.29) is 4.90 Å². The van der Waals surface area contributed by atoms with E-state index in [4.69, 9.17) is 4.74 Å². The van der Waals surface area contributed by atoms with Gasteiger partial charge in [-0.1, -0.05) is 54.1 Å². The number of carbonyl (C=O) groups excluding carboxylic acids is 1. The van der Waals surface area contributed by atoms with Crippen LogP contribution in [-0.4, -0.2) is 20.0 Å². The Morgan fingerprint density at radius 2 is 1.59 bits per heavy atom. The van der Waals surface area contributed by atoms with Gasteiger partial charge in [0.1, 0.15) is 0 Å². The first-order chi connectivity index (χ1) is 15.2. The number of hydrogen-bond acceptors (Lipinski definition) is 5. The Bertz CT molecular complexity index is 1320. The fourth-order valence-corrected chi connectivity index (χ4v) is 6.67. The van der Waals surface area contributed by atoms with Gasteiger partial charge in [0.2, 0.25) is 0 Å². The summed E-state index contributed by atoms with van der Waals surface area (Å²) < 4.78 is 35.4. The zero-order valence-corrected chi connectivity index (χ0v) is 19.0. The monoisotopic (exact) mass is 448 g/mol. The molecule has 164 valence electrons. The summed E-state index contributed by atoms with van der Waals surface area (Å²) in [5.74, 6) is -0.462. The number of rotatable bonds is 3. The predicted octanol–water partition coefficient (Wildman–Crippen LogP) is 4.54. The van der Waals surface area contributed by atoms with Crippen molar-refractivity contribution >= 4 is 27.4 Å². The van der Waals surface area contributed by atoms with Gasteiger partial charge in [-0.2, -0.15) is 0 Å². The lowest BCUT2D eigenvalue weighted by atomic mass is 9.87. The number of sulfonamides is 1. The molecule has 32 heavy (non-hydrogen) atoms. The van der Waals surface area contributed by atoms with Crippen LogP contribution in [0.1, 0.15) is 36.6 Å². The molecule has 2 atom stereocenters. The Hall–Kier alpha value is -3.32. The maximum atomic E-state index is 14.1. The lowest BCUT2D eigenvalue weighted by Crippen LogP contribution is -2.63. The van der Waals surface area contributed by atoms with Crippen molar-refractivity contribution in [1.82, 2.24) is 0 Å².